The van der Waals surface area contributed by atoms with Crippen LogP contribution in [0.25, 0.3) is 0 Å². The van der Waals surface area contributed by atoms with E-state index in [0.717, 1.165) is 10.2 Å². The number of nitrogens with zero attached hydrogens (tertiary/aromatic N) is 1. The highest BCUT2D eigenvalue weighted by atomic mass is 79.9. The van der Waals surface area contributed by atoms with E-state index >= 15 is 0 Å². The van der Waals surface area contributed by atoms with Crippen molar-refractivity contribution in [3.8, 4) is 0 Å². The molecule has 0 aromatic heterocycles. The second kappa shape index (κ2) is 7.84. The van der Waals surface area contributed by atoms with Gasteiger partial charge in [0, 0.05) is 29.7 Å². The zero-order valence-corrected chi connectivity index (χ0v) is 13.9. The third-order valence-electron chi connectivity index (χ3n) is 3.19. The Balaban J connectivity index is 1.84. The number of amides is 2. The second-order valence-electron chi connectivity index (χ2n) is 4.68. The van der Waals surface area contributed by atoms with Gasteiger partial charge in [-0.25, -0.2) is 4.79 Å². The molecule has 1 heterocycles. The Morgan fingerprint density at radius 3 is 2.77 bits per heavy atom. The van der Waals surface area contributed by atoms with Crippen LogP contribution in [0.1, 0.15) is 23.7 Å². The summed E-state index contributed by atoms with van der Waals surface area (Å²) >= 11 is 3.34. The van der Waals surface area contributed by atoms with Crippen LogP contribution >= 0.6 is 15.9 Å². The van der Waals surface area contributed by atoms with Crippen LogP contribution in [0.3, 0.4) is 0 Å². The largest absolute Gasteiger partial charge is 0.450 e. The molecule has 0 saturated carbocycles. The van der Waals surface area contributed by atoms with Crippen LogP contribution in [0.2, 0.25) is 0 Å². The first kappa shape index (κ1) is 16.4. The number of nitrogens with one attached hydrogen (secondary N) is 2. The lowest BCUT2D eigenvalue weighted by molar-refractivity contribution is 0.0932. The fourth-order valence-electron chi connectivity index (χ4n) is 2.01. The summed E-state index contributed by atoms with van der Waals surface area (Å²) in [5.41, 5.74) is 6.99. The Kier molecular flexibility index (Phi) is 5.83. The second-order valence-corrected chi connectivity index (χ2v) is 5.54. The van der Waals surface area contributed by atoms with Crippen molar-refractivity contribution in [2.45, 2.75) is 13.3 Å². The first-order chi connectivity index (χ1) is 10.6. The zero-order valence-electron chi connectivity index (χ0n) is 12.3. The molecule has 1 aliphatic heterocycles. The Morgan fingerprint density at radius 1 is 1.36 bits per heavy atom. The van der Waals surface area contributed by atoms with Gasteiger partial charge in [-0.2, -0.15) is 0 Å². The maximum absolute atomic E-state index is 12.1. The molecule has 2 amide bonds. The minimum Gasteiger partial charge on any atom is -0.450 e. The maximum Gasteiger partial charge on any atom is 0.410 e. The molecule has 2 rings (SSSR count). The third kappa shape index (κ3) is 4.24. The average molecular weight is 368 g/mol. The average Bonchev–Trinajstić information content (AvgIpc) is 2.54. The van der Waals surface area contributed by atoms with Crippen LogP contribution in [0, 0.1) is 0 Å². The summed E-state index contributed by atoms with van der Waals surface area (Å²) in [6.45, 7) is 3.17. The third-order valence-corrected chi connectivity index (χ3v) is 3.88. The molecule has 0 atom stereocenters. The molecule has 0 saturated heterocycles. The van der Waals surface area contributed by atoms with Crippen molar-refractivity contribution in [1.29, 1.82) is 0 Å². The van der Waals surface area contributed by atoms with Gasteiger partial charge >= 0.3 is 6.09 Å². The molecule has 2 N–H and O–H groups in total. The van der Waals surface area contributed by atoms with Gasteiger partial charge in [0.05, 0.1) is 12.2 Å². The highest BCUT2D eigenvalue weighted by Gasteiger charge is 2.18. The van der Waals surface area contributed by atoms with Crippen molar-refractivity contribution >= 4 is 27.9 Å². The molecule has 6 nitrogen and oxygen atoms in total. The maximum atomic E-state index is 12.1. The lowest BCUT2D eigenvalue weighted by atomic mass is 10.2. The van der Waals surface area contributed by atoms with Crippen LogP contribution in [-0.2, 0) is 4.74 Å². The molecule has 0 fully saturated rings. The summed E-state index contributed by atoms with van der Waals surface area (Å²) in [5, 5.41) is 0. The summed E-state index contributed by atoms with van der Waals surface area (Å²) in [5.74, 6) is -0.221. The van der Waals surface area contributed by atoms with E-state index < -0.39 is 0 Å². The quantitative estimate of drug-likeness (QED) is 0.801. The molecular weight excluding hydrogens is 350 g/mol. The minimum absolute atomic E-state index is 0.221. The molecule has 1 aromatic rings. The Labute approximate surface area is 137 Å². The van der Waals surface area contributed by atoms with Gasteiger partial charge in [0.25, 0.3) is 5.91 Å². The summed E-state index contributed by atoms with van der Waals surface area (Å²) in [4.78, 5) is 25.2. The van der Waals surface area contributed by atoms with Crippen LogP contribution in [0.15, 0.2) is 40.5 Å². The molecular formula is C15H18BrN3O3. The summed E-state index contributed by atoms with van der Waals surface area (Å²) in [7, 11) is 0. The van der Waals surface area contributed by atoms with Crippen molar-refractivity contribution in [3.05, 3.63) is 46.1 Å². The molecule has 0 bridgehead atoms. The Bertz CT molecular complexity index is 589. The predicted octanol–water partition coefficient (Wildman–Crippen LogP) is 2.43. The van der Waals surface area contributed by atoms with E-state index in [0.29, 0.717) is 31.7 Å². The van der Waals surface area contributed by atoms with E-state index in [2.05, 4.69) is 26.8 Å². The fourth-order valence-corrected chi connectivity index (χ4v) is 2.48. The zero-order chi connectivity index (χ0) is 15.9. The SMILES string of the molecule is CCOC(=O)N1CC=C(NNC(=O)c2ccccc2Br)CC1. The molecule has 22 heavy (non-hydrogen) atoms. The first-order valence-electron chi connectivity index (χ1n) is 7.03. The minimum atomic E-state index is -0.310. The van der Waals surface area contributed by atoms with E-state index in [-0.39, 0.29) is 12.0 Å². The van der Waals surface area contributed by atoms with Crippen molar-refractivity contribution in [2.24, 2.45) is 0 Å². The fraction of sp³-hybridized carbons (Fsp3) is 0.333. The number of ether oxygens (including phenoxy) is 1. The summed E-state index contributed by atoms with van der Waals surface area (Å²) in [6, 6.07) is 7.20. The van der Waals surface area contributed by atoms with Gasteiger partial charge in [0.15, 0.2) is 0 Å². The molecule has 0 spiro atoms. The van der Waals surface area contributed by atoms with Gasteiger partial charge in [-0.05, 0) is 41.1 Å². The van der Waals surface area contributed by atoms with Gasteiger partial charge in [-0.1, -0.05) is 12.1 Å². The Morgan fingerprint density at radius 2 is 2.14 bits per heavy atom. The van der Waals surface area contributed by atoms with Crippen molar-refractivity contribution < 1.29 is 14.3 Å². The molecule has 0 radical (unpaired) electrons. The van der Waals surface area contributed by atoms with Crippen molar-refractivity contribution in [3.63, 3.8) is 0 Å². The smallest absolute Gasteiger partial charge is 0.410 e. The van der Waals surface area contributed by atoms with E-state index in [9.17, 15) is 9.59 Å². The number of hydrazine groups is 1. The number of hydrogen-bond acceptors (Lipinski definition) is 4. The number of hydrogen-bond donors (Lipinski definition) is 2. The van der Waals surface area contributed by atoms with Gasteiger partial charge < -0.3 is 15.1 Å². The van der Waals surface area contributed by atoms with E-state index in [4.69, 9.17) is 4.74 Å². The van der Waals surface area contributed by atoms with Crippen LogP contribution in [0.5, 0.6) is 0 Å². The number of rotatable bonds is 4. The number of carbonyl (C=O) groups is 2. The van der Waals surface area contributed by atoms with Crippen LogP contribution in [0.4, 0.5) is 4.79 Å². The predicted molar refractivity (Wildman–Crippen MR) is 86.0 cm³/mol. The van der Waals surface area contributed by atoms with Gasteiger partial charge in [0.1, 0.15) is 0 Å². The van der Waals surface area contributed by atoms with Gasteiger partial charge in [-0.15, -0.1) is 0 Å². The highest BCUT2D eigenvalue weighted by Crippen LogP contribution is 2.15. The first-order valence-corrected chi connectivity index (χ1v) is 7.82. The number of carbonyl (C=O) groups excluding carboxylic acids is 2. The van der Waals surface area contributed by atoms with Crippen LogP contribution < -0.4 is 10.9 Å². The van der Waals surface area contributed by atoms with Crippen LogP contribution in [-0.4, -0.2) is 36.6 Å². The van der Waals surface area contributed by atoms with E-state index in [1.165, 1.54) is 0 Å². The van der Waals surface area contributed by atoms with E-state index in [1.807, 2.05) is 18.2 Å². The van der Waals surface area contributed by atoms with Crippen molar-refractivity contribution in [2.75, 3.05) is 19.7 Å². The lowest BCUT2D eigenvalue weighted by Crippen LogP contribution is -2.42. The van der Waals surface area contributed by atoms with Gasteiger partial charge in [-0.3, -0.25) is 10.2 Å². The molecule has 0 aliphatic carbocycles. The Hall–Kier alpha value is -2.02. The molecule has 118 valence electrons. The summed E-state index contributed by atoms with van der Waals surface area (Å²) in [6.07, 6.45) is 2.19. The number of halogens is 1. The normalized spacial score (nSPS) is 14.1. The van der Waals surface area contributed by atoms with Gasteiger partial charge in [0.2, 0.25) is 0 Å². The van der Waals surface area contributed by atoms with Crippen molar-refractivity contribution in [1.82, 2.24) is 15.8 Å². The lowest BCUT2D eigenvalue weighted by Gasteiger charge is -2.26. The standard InChI is InChI=1S/C15H18BrN3O3/c1-2-22-15(21)19-9-7-11(8-10-19)17-18-14(20)12-5-3-4-6-13(12)16/h3-7,17H,2,8-10H2,1H3,(H,18,20). The molecule has 7 heteroatoms. The number of benzene rings is 1. The van der Waals surface area contributed by atoms with E-state index in [1.54, 1.807) is 24.0 Å². The summed E-state index contributed by atoms with van der Waals surface area (Å²) < 4.78 is 5.68. The highest BCUT2D eigenvalue weighted by molar-refractivity contribution is 9.10. The molecule has 0 unspecified atom stereocenters. The monoisotopic (exact) mass is 367 g/mol. The molecule has 1 aliphatic rings. The topological polar surface area (TPSA) is 70.7 Å². The molecule has 1 aromatic carbocycles.